The average Bonchev–Trinajstić information content (AvgIpc) is 2.05. The molecule has 0 bridgehead atoms. The molecule has 0 fully saturated rings. The van der Waals surface area contributed by atoms with Crippen molar-refractivity contribution in [3.63, 3.8) is 0 Å². The molecule has 0 heterocycles. The van der Waals surface area contributed by atoms with Crippen molar-refractivity contribution in [1.82, 2.24) is 0 Å². The van der Waals surface area contributed by atoms with Gasteiger partial charge in [-0.2, -0.15) is 0 Å². The standard InChI is InChI=1S/C8H10N2O2/c9-5-7-1-3-8(4-2-7)6-10(11)12/h1-4H,5-6,9H2. The largest absolute Gasteiger partial charge is 0.326 e. The molecular weight excluding hydrogens is 156 g/mol. The number of hydrogen-bond acceptors (Lipinski definition) is 3. The molecule has 0 radical (unpaired) electrons. The Hall–Kier alpha value is -1.42. The van der Waals surface area contributed by atoms with Crippen molar-refractivity contribution in [3.8, 4) is 0 Å². The molecule has 0 saturated carbocycles. The third-order valence-corrected chi connectivity index (χ3v) is 1.57. The Morgan fingerprint density at radius 2 is 1.75 bits per heavy atom. The van der Waals surface area contributed by atoms with Crippen molar-refractivity contribution in [3.05, 3.63) is 45.5 Å². The summed E-state index contributed by atoms with van der Waals surface area (Å²) in [6.07, 6.45) is 0. The maximum atomic E-state index is 10.1. The molecule has 0 aliphatic heterocycles. The first kappa shape index (κ1) is 8.67. The fourth-order valence-corrected chi connectivity index (χ4v) is 0.930. The fraction of sp³-hybridized carbons (Fsp3) is 0.250. The molecule has 2 N–H and O–H groups in total. The summed E-state index contributed by atoms with van der Waals surface area (Å²) in [6, 6.07) is 7.06. The van der Waals surface area contributed by atoms with Gasteiger partial charge in [0.1, 0.15) is 0 Å². The Balaban J connectivity index is 2.71. The molecule has 0 aliphatic carbocycles. The van der Waals surface area contributed by atoms with Crippen LogP contribution in [0, 0.1) is 10.1 Å². The Morgan fingerprint density at radius 1 is 1.25 bits per heavy atom. The minimum Gasteiger partial charge on any atom is -0.326 e. The minimum absolute atomic E-state index is 0.120. The molecule has 0 unspecified atom stereocenters. The highest BCUT2D eigenvalue weighted by Crippen LogP contribution is 2.04. The van der Waals surface area contributed by atoms with Crippen LogP contribution < -0.4 is 5.73 Å². The lowest BCUT2D eigenvalue weighted by molar-refractivity contribution is -0.496. The van der Waals surface area contributed by atoms with Gasteiger partial charge in [-0.05, 0) is 5.56 Å². The zero-order valence-electron chi connectivity index (χ0n) is 6.56. The van der Waals surface area contributed by atoms with Crippen molar-refractivity contribution < 1.29 is 4.92 Å². The van der Waals surface area contributed by atoms with Gasteiger partial charge < -0.3 is 5.73 Å². The summed E-state index contributed by atoms with van der Waals surface area (Å²) < 4.78 is 0. The van der Waals surface area contributed by atoms with E-state index >= 15 is 0 Å². The highest BCUT2D eigenvalue weighted by Gasteiger charge is 1.99. The van der Waals surface area contributed by atoms with Gasteiger partial charge in [0.25, 0.3) is 0 Å². The van der Waals surface area contributed by atoms with Crippen molar-refractivity contribution >= 4 is 0 Å². The zero-order chi connectivity index (χ0) is 8.97. The van der Waals surface area contributed by atoms with E-state index in [-0.39, 0.29) is 11.5 Å². The molecule has 1 rings (SSSR count). The Kier molecular flexibility index (Phi) is 2.76. The number of hydrogen-bond donors (Lipinski definition) is 1. The lowest BCUT2D eigenvalue weighted by Gasteiger charge is -1.97. The van der Waals surface area contributed by atoms with Gasteiger partial charge in [0.2, 0.25) is 6.54 Å². The van der Waals surface area contributed by atoms with E-state index in [2.05, 4.69) is 0 Å². The minimum atomic E-state index is -0.350. The van der Waals surface area contributed by atoms with Gasteiger partial charge in [-0.15, -0.1) is 0 Å². The quantitative estimate of drug-likeness (QED) is 0.536. The van der Waals surface area contributed by atoms with Crippen LogP contribution in [-0.4, -0.2) is 4.92 Å². The average molecular weight is 166 g/mol. The number of rotatable bonds is 3. The van der Waals surface area contributed by atoms with E-state index in [9.17, 15) is 10.1 Å². The van der Waals surface area contributed by atoms with Gasteiger partial charge in [0.15, 0.2) is 0 Å². The van der Waals surface area contributed by atoms with Crippen molar-refractivity contribution in [1.29, 1.82) is 0 Å². The maximum absolute atomic E-state index is 10.1. The van der Waals surface area contributed by atoms with E-state index in [0.717, 1.165) is 5.56 Å². The number of nitrogens with two attached hydrogens (primary N) is 1. The van der Waals surface area contributed by atoms with Crippen molar-refractivity contribution in [2.75, 3.05) is 0 Å². The summed E-state index contributed by atoms with van der Waals surface area (Å²) >= 11 is 0. The normalized spacial score (nSPS) is 9.75. The molecule has 4 heteroatoms. The molecule has 64 valence electrons. The first-order chi connectivity index (χ1) is 5.72. The van der Waals surface area contributed by atoms with Crippen molar-refractivity contribution in [2.45, 2.75) is 13.1 Å². The number of nitro groups is 1. The third kappa shape index (κ3) is 2.32. The van der Waals surface area contributed by atoms with E-state index in [0.29, 0.717) is 12.1 Å². The monoisotopic (exact) mass is 166 g/mol. The van der Waals surface area contributed by atoms with Gasteiger partial charge in [-0.25, -0.2) is 0 Å². The van der Waals surface area contributed by atoms with Crippen LogP contribution in [0.4, 0.5) is 0 Å². The first-order valence-corrected chi connectivity index (χ1v) is 3.62. The van der Waals surface area contributed by atoms with Crippen LogP contribution >= 0.6 is 0 Å². The summed E-state index contributed by atoms with van der Waals surface area (Å²) in [5.74, 6) is 0. The van der Waals surface area contributed by atoms with Gasteiger partial charge in [0, 0.05) is 17.0 Å². The van der Waals surface area contributed by atoms with Crippen LogP contribution in [0.1, 0.15) is 11.1 Å². The molecule has 0 amide bonds. The highest BCUT2D eigenvalue weighted by molar-refractivity contribution is 5.21. The molecule has 1 aromatic carbocycles. The Morgan fingerprint density at radius 3 is 2.17 bits per heavy atom. The number of benzene rings is 1. The maximum Gasteiger partial charge on any atom is 0.228 e. The van der Waals surface area contributed by atoms with Gasteiger partial charge >= 0.3 is 0 Å². The summed E-state index contributed by atoms with van der Waals surface area (Å²) in [4.78, 5) is 9.75. The van der Waals surface area contributed by atoms with Crippen LogP contribution in [0.15, 0.2) is 24.3 Å². The molecule has 0 aliphatic rings. The lowest BCUT2D eigenvalue weighted by Crippen LogP contribution is -1.99. The molecule has 0 spiro atoms. The molecular formula is C8H10N2O2. The van der Waals surface area contributed by atoms with E-state index in [1.165, 1.54) is 0 Å². The number of nitrogens with zero attached hydrogens (tertiary/aromatic N) is 1. The molecule has 1 aromatic rings. The fourth-order valence-electron chi connectivity index (χ4n) is 0.930. The van der Waals surface area contributed by atoms with Crippen molar-refractivity contribution in [2.24, 2.45) is 5.73 Å². The lowest BCUT2D eigenvalue weighted by atomic mass is 10.1. The van der Waals surface area contributed by atoms with Crippen LogP contribution in [0.3, 0.4) is 0 Å². The van der Waals surface area contributed by atoms with E-state index in [1.54, 1.807) is 24.3 Å². The highest BCUT2D eigenvalue weighted by atomic mass is 16.6. The van der Waals surface area contributed by atoms with E-state index in [1.807, 2.05) is 0 Å². The second kappa shape index (κ2) is 3.82. The summed E-state index contributed by atoms with van der Waals surface area (Å²) in [5.41, 5.74) is 7.06. The predicted octanol–water partition coefficient (Wildman–Crippen LogP) is 0.922. The Bertz CT molecular complexity index is 269. The molecule has 12 heavy (non-hydrogen) atoms. The smallest absolute Gasteiger partial charge is 0.228 e. The third-order valence-electron chi connectivity index (χ3n) is 1.57. The summed E-state index contributed by atoms with van der Waals surface area (Å²) in [7, 11) is 0. The van der Waals surface area contributed by atoms with Crippen LogP contribution in [0.5, 0.6) is 0 Å². The van der Waals surface area contributed by atoms with Gasteiger partial charge in [-0.3, -0.25) is 10.1 Å². The molecule has 4 nitrogen and oxygen atoms in total. The SMILES string of the molecule is NCc1ccc(C[N+](=O)[O-])cc1. The second-order valence-electron chi connectivity index (χ2n) is 2.51. The van der Waals surface area contributed by atoms with Gasteiger partial charge in [-0.1, -0.05) is 24.3 Å². The molecule has 0 aromatic heterocycles. The van der Waals surface area contributed by atoms with E-state index < -0.39 is 0 Å². The topological polar surface area (TPSA) is 69.2 Å². The second-order valence-corrected chi connectivity index (χ2v) is 2.51. The molecule has 0 saturated heterocycles. The van der Waals surface area contributed by atoms with Crippen LogP contribution in [0.2, 0.25) is 0 Å². The van der Waals surface area contributed by atoms with Gasteiger partial charge in [0.05, 0.1) is 0 Å². The van der Waals surface area contributed by atoms with E-state index in [4.69, 9.17) is 5.73 Å². The summed E-state index contributed by atoms with van der Waals surface area (Å²) in [6.45, 7) is 0.351. The first-order valence-electron chi connectivity index (χ1n) is 3.62. The summed E-state index contributed by atoms with van der Waals surface area (Å²) in [5, 5.41) is 10.1. The predicted molar refractivity (Wildman–Crippen MR) is 45.0 cm³/mol. The molecule has 0 atom stereocenters. The Labute approximate surface area is 70.2 Å². The van der Waals surface area contributed by atoms with Crippen LogP contribution in [-0.2, 0) is 13.1 Å². The zero-order valence-corrected chi connectivity index (χ0v) is 6.56. The van der Waals surface area contributed by atoms with Crippen LogP contribution in [0.25, 0.3) is 0 Å².